The zero-order chi connectivity index (χ0) is 16.9. The molecule has 0 bridgehead atoms. The Morgan fingerprint density at radius 3 is 2.62 bits per heavy atom. The standard InChI is InChI=1S/C18H23N5O/c1-14-4-3-5-16(10-14)12-19-18-20-15(2)11-17(21-18)23-8-6-22(13-24)7-9-23/h3-5,10-11,13H,6-9,12H2,1-2H3,(H,19,20,21). The number of aryl methyl sites for hydroxylation is 2. The molecule has 0 aliphatic carbocycles. The van der Waals surface area contributed by atoms with Crippen molar-refractivity contribution >= 4 is 18.2 Å². The monoisotopic (exact) mass is 325 g/mol. The highest BCUT2D eigenvalue weighted by atomic mass is 16.1. The minimum Gasteiger partial charge on any atom is -0.353 e. The van der Waals surface area contributed by atoms with Crippen LogP contribution >= 0.6 is 0 Å². The first-order chi connectivity index (χ1) is 11.6. The molecule has 1 aliphatic heterocycles. The van der Waals surface area contributed by atoms with Crippen LogP contribution in [-0.2, 0) is 11.3 Å². The van der Waals surface area contributed by atoms with Crippen LogP contribution in [0.3, 0.4) is 0 Å². The molecule has 6 heteroatoms. The van der Waals surface area contributed by atoms with Crippen molar-refractivity contribution in [1.82, 2.24) is 14.9 Å². The molecule has 0 atom stereocenters. The second-order valence-corrected chi connectivity index (χ2v) is 6.16. The van der Waals surface area contributed by atoms with Crippen molar-refractivity contribution in [3.05, 3.63) is 47.2 Å². The first-order valence-corrected chi connectivity index (χ1v) is 8.23. The molecule has 3 rings (SSSR count). The summed E-state index contributed by atoms with van der Waals surface area (Å²) < 4.78 is 0. The van der Waals surface area contributed by atoms with Gasteiger partial charge in [-0.25, -0.2) is 4.98 Å². The van der Waals surface area contributed by atoms with Crippen LogP contribution in [0.15, 0.2) is 30.3 Å². The maximum absolute atomic E-state index is 10.8. The van der Waals surface area contributed by atoms with Gasteiger partial charge in [-0.3, -0.25) is 4.79 Å². The van der Waals surface area contributed by atoms with Crippen LogP contribution < -0.4 is 10.2 Å². The molecule has 1 aliphatic rings. The number of carbonyl (C=O) groups is 1. The number of hydrogen-bond acceptors (Lipinski definition) is 5. The summed E-state index contributed by atoms with van der Waals surface area (Å²) in [6.45, 7) is 7.83. The van der Waals surface area contributed by atoms with Crippen molar-refractivity contribution in [1.29, 1.82) is 0 Å². The van der Waals surface area contributed by atoms with E-state index in [1.54, 1.807) is 4.90 Å². The number of rotatable bonds is 5. The Balaban J connectivity index is 1.68. The van der Waals surface area contributed by atoms with Crippen molar-refractivity contribution < 1.29 is 4.79 Å². The van der Waals surface area contributed by atoms with E-state index in [-0.39, 0.29) is 0 Å². The molecule has 1 amide bonds. The Morgan fingerprint density at radius 2 is 1.92 bits per heavy atom. The number of carbonyl (C=O) groups excluding carboxylic acids is 1. The maximum atomic E-state index is 10.8. The van der Waals surface area contributed by atoms with Gasteiger partial charge in [0.25, 0.3) is 0 Å². The highest BCUT2D eigenvalue weighted by Crippen LogP contribution is 2.17. The van der Waals surface area contributed by atoms with E-state index in [0.29, 0.717) is 12.5 Å². The summed E-state index contributed by atoms with van der Waals surface area (Å²) in [6, 6.07) is 10.4. The van der Waals surface area contributed by atoms with Gasteiger partial charge in [-0.15, -0.1) is 0 Å². The molecule has 0 spiro atoms. The van der Waals surface area contributed by atoms with E-state index >= 15 is 0 Å². The van der Waals surface area contributed by atoms with Crippen molar-refractivity contribution in [2.75, 3.05) is 36.4 Å². The number of piperazine rings is 1. The number of benzene rings is 1. The highest BCUT2D eigenvalue weighted by Gasteiger charge is 2.17. The fourth-order valence-electron chi connectivity index (χ4n) is 2.85. The summed E-state index contributed by atoms with van der Waals surface area (Å²) in [7, 11) is 0. The van der Waals surface area contributed by atoms with E-state index in [1.165, 1.54) is 11.1 Å². The van der Waals surface area contributed by atoms with Crippen molar-refractivity contribution in [2.45, 2.75) is 20.4 Å². The predicted molar refractivity (Wildman–Crippen MR) is 95.1 cm³/mol. The topological polar surface area (TPSA) is 61.4 Å². The molecule has 1 aromatic heterocycles. The molecule has 1 fully saturated rings. The van der Waals surface area contributed by atoms with E-state index in [9.17, 15) is 4.79 Å². The van der Waals surface area contributed by atoms with Crippen LogP contribution in [0.2, 0.25) is 0 Å². The zero-order valence-corrected chi connectivity index (χ0v) is 14.2. The van der Waals surface area contributed by atoms with Gasteiger partial charge in [0.1, 0.15) is 5.82 Å². The molecule has 1 N–H and O–H groups in total. The SMILES string of the molecule is Cc1cccc(CNc2nc(C)cc(N3CCN(C=O)CC3)n2)c1. The summed E-state index contributed by atoms with van der Waals surface area (Å²) >= 11 is 0. The summed E-state index contributed by atoms with van der Waals surface area (Å²) in [5.74, 6) is 1.56. The molecular weight excluding hydrogens is 302 g/mol. The summed E-state index contributed by atoms with van der Waals surface area (Å²) in [5.41, 5.74) is 3.39. The smallest absolute Gasteiger partial charge is 0.225 e. The number of hydrogen-bond donors (Lipinski definition) is 1. The molecule has 24 heavy (non-hydrogen) atoms. The molecule has 6 nitrogen and oxygen atoms in total. The largest absolute Gasteiger partial charge is 0.353 e. The highest BCUT2D eigenvalue weighted by molar-refractivity contribution is 5.50. The second-order valence-electron chi connectivity index (χ2n) is 6.16. The van der Waals surface area contributed by atoms with E-state index in [4.69, 9.17) is 0 Å². The van der Waals surface area contributed by atoms with E-state index in [2.05, 4.69) is 51.4 Å². The maximum Gasteiger partial charge on any atom is 0.225 e. The molecule has 0 radical (unpaired) electrons. The van der Waals surface area contributed by atoms with Crippen LogP contribution in [0.4, 0.5) is 11.8 Å². The number of nitrogens with one attached hydrogen (secondary N) is 1. The minimum absolute atomic E-state index is 0.643. The van der Waals surface area contributed by atoms with Crippen molar-refractivity contribution in [2.24, 2.45) is 0 Å². The quantitative estimate of drug-likeness (QED) is 0.852. The lowest BCUT2D eigenvalue weighted by Crippen LogP contribution is -2.46. The van der Waals surface area contributed by atoms with Gasteiger partial charge in [-0.1, -0.05) is 29.8 Å². The average Bonchev–Trinajstić information content (AvgIpc) is 2.60. The van der Waals surface area contributed by atoms with Gasteiger partial charge < -0.3 is 15.1 Å². The normalized spacial score (nSPS) is 14.6. The van der Waals surface area contributed by atoms with Crippen molar-refractivity contribution in [3.63, 3.8) is 0 Å². The molecule has 0 unspecified atom stereocenters. The molecule has 0 saturated carbocycles. The Bertz CT molecular complexity index is 710. The van der Waals surface area contributed by atoms with Crippen LogP contribution in [0.25, 0.3) is 0 Å². The van der Waals surface area contributed by atoms with Gasteiger partial charge in [-0.05, 0) is 19.4 Å². The minimum atomic E-state index is 0.643. The van der Waals surface area contributed by atoms with Gasteiger partial charge in [0.15, 0.2) is 0 Å². The lowest BCUT2D eigenvalue weighted by molar-refractivity contribution is -0.118. The first-order valence-electron chi connectivity index (χ1n) is 8.23. The predicted octanol–water partition coefficient (Wildman–Crippen LogP) is 1.98. The third-order valence-corrected chi connectivity index (χ3v) is 4.16. The van der Waals surface area contributed by atoms with Gasteiger partial charge >= 0.3 is 0 Å². The zero-order valence-electron chi connectivity index (χ0n) is 14.2. The summed E-state index contributed by atoms with van der Waals surface area (Å²) in [4.78, 5) is 23.9. The second kappa shape index (κ2) is 7.29. The summed E-state index contributed by atoms with van der Waals surface area (Å²) in [5, 5.41) is 3.31. The number of anilines is 2. The molecule has 1 aromatic carbocycles. The molecule has 2 heterocycles. The fourth-order valence-corrected chi connectivity index (χ4v) is 2.85. The van der Waals surface area contributed by atoms with Gasteiger partial charge in [0, 0.05) is 44.5 Å². The number of nitrogens with zero attached hydrogens (tertiary/aromatic N) is 4. The lowest BCUT2D eigenvalue weighted by Gasteiger charge is -2.33. The van der Waals surface area contributed by atoms with E-state index in [0.717, 1.165) is 44.1 Å². The Hall–Kier alpha value is -2.63. The molecule has 2 aromatic rings. The first kappa shape index (κ1) is 16.2. The third-order valence-electron chi connectivity index (χ3n) is 4.16. The van der Waals surface area contributed by atoms with Gasteiger partial charge in [0.2, 0.25) is 12.4 Å². The Morgan fingerprint density at radius 1 is 1.12 bits per heavy atom. The van der Waals surface area contributed by atoms with Crippen molar-refractivity contribution in [3.8, 4) is 0 Å². The fraction of sp³-hybridized carbons (Fsp3) is 0.389. The summed E-state index contributed by atoms with van der Waals surface area (Å²) in [6.07, 6.45) is 0.914. The number of aromatic nitrogens is 2. The molecule has 1 saturated heterocycles. The van der Waals surface area contributed by atoms with E-state index < -0.39 is 0 Å². The average molecular weight is 325 g/mol. The third kappa shape index (κ3) is 4.01. The number of amides is 1. The molecule has 126 valence electrons. The lowest BCUT2D eigenvalue weighted by atomic mass is 10.1. The van der Waals surface area contributed by atoms with Gasteiger partial charge in [-0.2, -0.15) is 4.98 Å². The Kier molecular flexibility index (Phi) is 4.93. The Labute approximate surface area is 142 Å². The van der Waals surface area contributed by atoms with Crippen LogP contribution in [0.1, 0.15) is 16.8 Å². The van der Waals surface area contributed by atoms with Crippen LogP contribution in [-0.4, -0.2) is 47.5 Å². The van der Waals surface area contributed by atoms with Crippen LogP contribution in [0, 0.1) is 13.8 Å². The van der Waals surface area contributed by atoms with Crippen LogP contribution in [0.5, 0.6) is 0 Å². The van der Waals surface area contributed by atoms with E-state index in [1.807, 2.05) is 13.0 Å². The molecular formula is C18H23N5O. The van der Waals surface area contributed by atoms with Gasteiger partial charge in [0.05, 0.1) is 0 Å².